The van der Waals surface area contributed by atoms with E-state index in [9.17, 15) is 0 Å². The third-order valence-electron chi connectivity index (χ3n) is 2.70. The molecule has 0 radical (unpaired) electrons. The van der Waals surface area contributed by atoms with Crippen LogP contribution in [0.3, 0.4) is 0 Å². The van der Waals surface area contributed by atoms with Crippen molar-refractivity contribution in [3.8, 4) is 11.1 Å². The predicted molar refractivity (Wildman–Crippen MR) is 87.8 cm³/mol. The van der Waals surface area contributed by atoms with Crippen LogP contribution in [0.2, 0.25) is 0 Å². The molecule has 0 unspecified atom stereocenters. The Bertz CT molecular complexity index is 530. The van der Waals surface area contributed by atoms with E-state index in [4.69, 9.17) is 0 Å². The monoisotopic (exact) mass is 362 g/mol. The van der Waals surface area contributed by atoms with Crippen LogP contribution in [-0.2, 0) is 0 Å². The van der Waals surface area contributed by atoms with Gasteiger partial charge in [-0.3, -0.25) is 0 Å². The molecule has 0 nitrogen and oxygen atoms in total. The fraction of sp³-hybridized carbons (Fsp3) is 0. The minimum atomic E-state index is 1.20. The van der Waals surface area contributed by atoms with Gasteiger partial charge in [0, 0.05) is 0 Å². The van der Waals surface area contributed by atoms with Crippen LogP contribution in [0.25, 0.3) is 23.3 Å². The van der Waals surface area contributed by atoms with Gasteiger partial charge in [-0.2, -0.15) is 0 Å². The Hall–Kier alpha value is -1.12. The van der Waals surface area contributed by atoms with Gasteiger partial charge in [-0.25, -0.2) is 0 Å². The summed E-state index contributed by atoms with van der Waals surface area (Å²) in [5.74, 6) is 0. The highest BCUT2D eigenvalue weighted by Gasteiger charge is 2.05. The first-order valence-corrected chi connectivity index (χ1v) is 7.42. The van der Waals surface area contributed by atoms with Crippen LogP contribution in [0, 0.1) is 0 Å². The van der Waals surface area contributed by atoms with Crippen molar-refractivity contribution >= 4 is 44.0 Å². The van der Waals surface area contributed by atoms with Gasteiger partial charge in [0.1, 0.15) is 0 Å². The summed E-state index contributed by atoms with van der Waals surface area (Å²) in [5, 5.41) is 0. The van der Waals surface area contributed by atoms with Crippen LogP contribution in [0.5, 0.6) is 0 Å². The molecule has 0 saturated heterocycles. The number of hydrogen-bond acceptors (Lipinski definition) is 0. The van der Waals surface area contributed by atoms with E-state index in [1.165, 1.54) is 22.3 Å². The van der Waals surface area contributed by atoms with Gasteiger partial charge >= 0.3 is 0 Å². The molecular weight excluding hydrogens is 352 g/mol. The smallest absolute Gasteiger partial charge is 0.0105 e. The molecular formula is C16H12Br2. The molecule has 0 N–H and O–H groups in total. The zero-order valence-corrected chi connectivity index (χ0v) is 12.9. The minimum absolute atomic E-state index is 1.20. The van der Waals surface area contributed by atoms with Gasteiger partial charge in [-0.15, -0.1) is 0 Å². The van der Waals surface area contributed by atoms with Gasteiger partial charge in [0.05, 0.1) is 0 Å². The molecule has 2 aromatic carbocycles. The zero-order chi connectivity index (χ0) is 12.8. The summed E-state index contributed by atoms with van der Waals surface area (Å²) in [7, 11) is 0. The van der Waals surface area contributed by atoms with Crippen LogP contribution in [0.1, 0.15) is 11.1 Å². The Balaban J connectivity index is 2.62. The van der Waals surface area contributed by atoms with Crippen molar-refractivity contribution in [1.29, 1.82) is 0 Å². The Morgan fingerprint density at radius 2 is 1.00 bits per heavy atom. The van der Waals surface area contributed by atoms with E-state index >= 15 is 0 Å². The van der Waals surface area contributed by atoms with Crippen molar-refractivity contribution in [2.24, 2.45) is 0 Å². The summed E-state index contributed by atoms with van der Waals surface area (Å²) >= 11 is 6.68. The van der Waals surface area contributed by atoms with E-state index in [0.29, 0.717) is 0 Å². The van der Waals surface area contributed by atoms with Crippen LogP contribution in [-0.4, -0.2) is 0 Å². The molecule has 2 aromatic rings. The Morgan fingerprint density at radius 3 is 1.39 bits per heavy atom. The molecule has 0 amide bonds. The van der Waals surface area contributed by atoms with Gasteiger partial charge in [0.2, 0.25) is 0 Å². The number of halogens is 2. The first-order valence-electron chi connectivity index (χ1n) is 5.59. The lowest BCUT2D eigenvalue weighted by molar-refractivity contribution is 1.57. The third-order valence-corrected chi connectivity index (χ3v) is 3.23. The maximum absolute atomic E-state index is 3.34. The van der Waals surface area contributed by atoms with E-state index in [1.807, 2.05) is 9.97 Å². The van der Waals surface area contributed by atoms with Crippen molar-refractivity contribution in [3.63, 3.8) is 0 Å². The molecule has 2 rings (SSSR count). The molecule has 2 heteroatoms. The molecule has 0 aliphatic carbocycles. The largest absolute Gasteiger partial charge is 0.0616 e. The van der Waals surface area contributed by atoms with Crippen LogP contribution in [0.4, 0.5) is 0 Å². The summed E-state index contributed by atoms with van der Waals surface area (Å²) < 4.78 is 0. The highest BCUT2D eigenvalue weighted by Crippen LogP contribution is 2.29. The fourth-order valence-corrected chi connectivity index (χ4v) is 2.48. The standard InChI is InChI=1S/C16H12Br2/c17-11-9-13-5-1-3-7-15(13)16-8-4-2-6-14(16)10-12-18/h1-12H/b11-9-,12-10-. The average Bonchev–Trinajstić information content (AvgIpc) is 2.41. The van der Waals surface area contributed by atoms with Crippen molar-refractivity contribution in [3.05, 3.63) is 69.6 Å². The molecule has 0 bridgehead atoms. The van der Waals surface area contributed by atoms with Gasteiger partial charge in [-0.1, -0.05) is 80.4 Å². The summed E-state index contributed by atoms with van der Waals surface area (Å²) in [6.07, 6.45) is 4.12. The second-order valence-corrected chi connectivity index (χ2v) is 4.82. The van der Waals surface area contributed by atoms with E-state index in [2.05, 4.69) is 92.5 Å². The summed E-state index contributed by atoms with van der Waals surface area (Å²) in [5.41, 5.74) is 4.86. The van der Waals surface area contributed by atoms with Gasteiger partial charge in [0.15, 0.2) is 0 Å². The second kappa shape index (κ2) is 6.72. The topological polar surface area (TPSA) is 0 Å². The first-order chi connectivity index (χ1) is 8.86. The zero-order valence-electron chi connectivity index (χ0n) is 9.68. The highest BCUT2D eigenvalue weighted by molar-refractivity contribution is 9.11. The molecule has 0 spiro atoms. The van der Waals surface area contributed by atoms with E-state index < -0.39 is 0 Å². The van der Waals surface area contributed by atoms with E-state index in [1.54, 1.807) is 0 Å². The summed E-state index contributed by atoms with van der Waals surface area (Å²) in [4.78, 5) is 3.77. The van der Waals surface area contributed by atoms with Crippen molar-refractivity contribution in [2.75, 3.05) is 0 Å². The van der Waals surface area contributed by atoms with Crippen molar-refractivity contribution < 1.29 is 0 Å². The maximum atomic E-state index is 3.34. The number of hydrogen-bond donors (Lipinski definition) is 0. The van der Waals surface area contributed by atoms with Crippen molar-refractivity contribution in [2.45, 2.75) is 0 Å². The lowest BCUT2D eigenvalue weighted by Crippen LogP contribution is -1.86. The second-order valence-electron chi connectivity index (χ2n) is 3.76. The predicted octanol–water partition coefficient (Wildman–Crippen LogP) is 6.08. The van der Waals surface area contributed by atoms with E-state index in [-0.39, 0.29) is 0 Å². The molecule has 0 fully saturated rings. The summed E-state index contributed by atoms with van der Waals surface area (Å²) in [6.45, 7) is 0. The minimum Gasteiger partial charge on any atom is -0.0616 e. The van der Waals surface area contributed by atoms with Gasteiger partial charge in [-0.05, 0) is 44.4 Å². The van der Waals surface area contributed by atoms with Crippen LogP contribution < -0.4 is 0 Å². The molecule has 18 heavy (non-hydrogen) atoms. The summed E-state index contributed by atoms with van der Waals surface area (Å²) in [6, 6.07) is 16.7. The SMILES string of the molecule is Br/C=C\c1ccccc1-c1ccccc1/C=C\Br. The molecule has 90 valence electrons. The number of benzene rings is 2. The molecule has 0 heterocycles. The lowest BCUT2D eigenvalue weighted by Gasteiger charge is -2.09. The molecule has 0 atom stereocenters. The van der Waals surface area contributed by atoms with Crippen LogP contribution >= 0.6 is 31.9 Å². The first kappa shape index (κ1) is 13.3. The fourth-order valence-electron chi connectivity index (χ4n) is 1.91. The normalized spacial score (nSPS) is 11.4. The van der Waals surface area contributed by atoms with Crippen LogP contribution in [0.15, 0.2) is 58.5 Å². The molecule has 0 aliphatic rings. The number of rotatable bonds is 3. The lowest BCUT2D eigenvalue weighted by atomic mass is 9.95. The third kappa shape index (κ3) is 3.01. The Labute approximate surface area is 124 Å². The van der Waals surface area contributed by atoms with Crippen molar-refractivity contribution in [1.82, 2.24) is 0 Å². The highest BCUT2D eigenvalue weighted by atomic mass is 79.9. The Kier molecular flexibility index (Phi) is 4.97. The average molecular weight is 364 g/mol. The Morgan fingerprint density at radius 1 is 0.611 bits per heavy atom. The maximum Gasteiger partial charge on any atom is -0.0105 e. The quantitative estimate of drug-likeness (QED) is 0.619. The van der Waals surface area contributed by atoms with E-state index in [0.717, 1.165) is 0 Å². The molecule has 0 saturated carbocycles. The molecule has 0 aromatic heterocycles. The van der Waals surface area contributed by atoms with Gasteiger partial charge in [0.25, 0.3) is 0 Å². The molecule has 0 aliphatic heterocycles. The van der Waals surface area contributed by atoms with Gasteiger partial charge < -0.3 is 0 Å².